The minimum absolute atomic E-state index is 0.0632. The summed E-state index contributed by atoms with van der Waals surface area (Å²) in [7, 11) is 1.76. The van der Waals surface area contributed by atoms with Gasteiger partial charge >= 0.3 is 0 Å². The fourth-order valence-electron chi connectivity index (χ4n) is 1.47. The zero-order chi connectivity index (χ0) is 11.0. The second kappa shape index (κ2) is 3.35. The predicted octanol–water partition coefficient (Wildman–Crippen LogP) is -1.13. The van der Waals surface area contributed by atoms with Crippen LogP contribution < -0.4 is 16.2 Å². The summed E-state index contributed by atoms with van der Waals surface area (Å²) in [5.41, 5.74) is 5.75. The van der Waals surface area contributed by atoms with Crippen LogP contribution in [0.2, 0.25) is 0 Å². The fraction of sp³-hybridized carbons (Fsp3) is 0.375. The molecule has 1 aromatic heterocycles. The molecule has 1 aliphatic heterocycles. The number of hydrogen-bond acceptors (Lipinski definition) is 6. The van der Waals surface area contributed by atoms with Gasteiger partial charge in [0.2, 0.25) is 5.95 Å². The van der Waals surface area contributed by atoms with Crippen LogP contribution in [0.4, 0.5) is 17.5 Å². The average molecular weight is 209 g/mol. The zero-order valence-corrected chi connectivity index (χ0v) is 8.19. The molecule has 2 heterocycles. The van der Waals surface area contributed by atoms with Crippen LogP contribution in [0.15, 0.2) is 9.79 Å². The van der Waals surface area contributed by atoms with E-state index in [2.05, 4.69) is 15.0 Å². The summed E-state index contributed by atoms with van der Waals surface area (Å²) >= 11 is 0. The van der Waals surface area contributed by atoms with E-state index in [1.807, 2.05) is 0 Å². The van der Waals surface area contributed by atoms with Gasteiger partial charge in [-0.25, -0.2) is 4.99 Å². The number of rotatable bonds is 1. The number of nitrogens with one attached hydrogen (secondary N) is 1. The van der Waals surface area contributed by atoms with E-state index in [0.29, 0.717) is 18.1 Å². The standard InChI is InChI=1S/C8H11N5O2/c1-13-2-4(3-14)10-5-6(13)11-8(9)12-7(5)15/h14H,2-3H2,1H3,(H3,9,11,12,15). The zero-order valence-electron chi connectivity index (χ0n) is 8.19. The molecule has 0 atom stereocenters. The first-order valence-electron chi connectivity index (χ1n) is 4.40. The van der Waals surface area contributed by atoms with Gasteiger partial charge in [0.1, 0.15) is 0 Å². The lowest BCUT2D eigenvalue weighted by Crippen LogP contribution is -2.33. The Morgan fingerprint density at radius 2 is 2.40 bits per heavy atom. The topological polar surface area (TPSA) is 108 Å². The van der Waals surface area contributed by atoms with Crippen LogP contribution in [0.3, 0.4) is 0 Å². The first kappa shape index (κ1) is 9.66. The van der Waals surface area contributed by atoms with E-state index in [4.69, 9.17) is 10.8 Å². The van der Waals surface area contributed by atoms with Crippen molar-refractivity contribution < 1.29 is 5.11 Å². The lowest BCUT2D eigenvalue weighted by molar-refractivity contribution is 0.355. The van der Waals surface area contributed by atoms with E-state index in [1.54, 1.807) is 11.9 Å². The van der Waals surface area contributed by atoms with Crippen molar-refractivity contribution in [3.63, 3.8) is 0 Å². The fourth-order valence-corrected chi connectivity index (χ4v) is 1.47. The molecular formula is C8H11N5O2. The summed E-state index contributed by atoms with van der Waals surface area (Å²) < 4.78 is 0. The molecule has 0 saturated carbocycles. The molecule has 0 aliphatic carbocycles. The van der Waals surface area contributed by atoms with Crippen molar-refractivity contribution in [2.45, 2.75) is 0 Å². The minimum atomic E-state index is -0.394. The number of aliphatic hydroxyl groups excluding tert-OH is 1. The van der Waals surface area contributed by atoms with Gasteiger partial charge in [-0.2, -0.15) is 4.98 Å². The third kappa shape index (κ3) is 1.57. The maximum Gasteiger partial charge on any atom is 0.280 e. The van der Waals surface area contributed by atoms with Gasteiger partial charge in [-0.3, -0.25) is 9.78 Å². The number of nitrogens with zero attached hydrogens (tertiary/aromatic N) is 3. The van der Waals surface area contributed by atoms with Crippen LogP contribution in [0.25, 0.3) is 0 Å². The molecule has 0 spiro atoms. The highest BCUT2D eigenvalue weighted by Crippen LogP contribution is 2.25. The van der Waals surface area contributed by atoms with Gasteiger partial charge < -0.3 is 15.7 Å². The summed E-state index contributed by atoms with van der Waals surface area (Å²) in [4.78, 5) is 23.6. The lowest BCUT2D eigenvalue weighted by Gasteiger charge is -2.24. The molecular weight excluding hydrogens is 198 g/mol. The summed E-state index contributed by atoms with van der Waals surface area (Å²) in [6.45, 7) is 0.271. The third-order valence-electron chi connectivity index (χ3n) is 2.13. The van der Waals surface area contributed by atoms with Crippen molar-refractivity contribution in [3.8, 4) is 0 Å². The number of H-pyrrole nitrogens is 1. The Morgan fingerprint density at radius 3 is 3.07 bits per heavy atom. The molecule has 0 saturated heterocycles. The Morgan fingerprint density at radius 1 is 1.67 bits per heavy atom. The Bertz CT molecular complexity index is 478. The summed E-state index contributed by atoms with van der Waals surface area (Å²) in [6.07, 6.45) is 0. The number of aromatic nitrogens is 2. The highest BCUT2D eigenvalue weighted by atomic mass is 16.3. The third-order valence-corrected chi connectivity index (χ3v) is 2.13. The Kier molecular flexibility index (Phi) is 2.16. The van der Waals surface area contributed by atoms with E-state index in [9.17, 15) is 4.79 Å². The molecule has 0 unspecified atom stereocenters. The van der Waals surface area contributed by atoms with Crippen molar-refractivity contribution in [1.82, 2.24) is 9.97 Å². The number of anilines is 2. The van der Waals surface area contributed by atoms with Crippen LogP contribution in [0.1, 0.15) is 0 Å². The Balaban J connectivity index is 2.64. The maximum atomic E-state index is 11.5. The van der Waals surface area contributed by atoms with Gasteiger partial charge in [0.15, 0.2) is 11.5 Å². The van der Waals surface area contributed by atoms with E-state index in [1.165, 1.54) is 0 Å². The van der Waals surface area contributed by atoms with E-state index >= 15 is 0 Å². The number of nitrogen functional groups attached to an aromatic ring is 1. The molecule has 4 N–H and O–H groups in total. The number of aromatic amines is 1. The first-order valence-corrected chi connectivity index (χ1v) is 4.40. The van der Waals surface area contributed by atoms with E-state index in [-0.39, 0.29) is 18.2 Å². The van der Waals surface area contributed by atoms with E-state index < -0.39 is 5.56 Å². The number of hydrogen-bond donors (Lipinski definition) is 3. The molecule has 15 heavy (non-hydrogen) atoms. The van der Waals surface area contributed by atoms with Gasteiger partial charge in [-0.1, -0.05) is 0 Å². The second-order valence-electron chi connectivity index (χ2n) is 3.32. The SMILES string of the molecule is CN1CC(CO)=Nc2c1nc(N)[nH]c2=O. The van der Waals surface area contributed by atoms with E-state index in [0.717, 1.165) is 0 Å². The van der Waals surface area contributed by atoms with Gasteiger partial charge in [-0.15, -0.1) is 0 Å². The minimum Gasteiger partial charge on any atom is -0.390 e. The molecule has 0 aromatic carbocycles. The highest BCUT2D eigenvalue weighted by Gasteiger charge is 2.20. The molecule has 7 nitrogen and oxygen atoms in total. The van der Waals surface area contributed by atoms with Gasteiger partial charge in [0, 0.05) is 7.05 Å². The molecule has 0 radical (unpaired) electrons. The molecule has 2 rings (SSSR count). The van der Waals surface area contributed by atoms with Crippen LogP contribution in [0, 0.1) is 0 Å². The summed E-state index contributed by atoms with van der Waals surface area (Å²) in [6, 6.07) is 0. The number of nitrogens with two attached hydrogens (primary N) is 1. The first-order chi connectivity index (χ1) is 7.11. The van der Waals surface area contributed by atoms with Gasteiger partial charge in [-0.05, 0) is 0 Å². The Labute approximate surface area is 85.3 Å². The molecule has 0 amide bonds. The molecule has 0 fully saturated rings. The maximum absolute atomic E-state index is 11.5. The number of aliphatic imine (C=N–C) groups is 1. The smallest absolute Gasteiger partial charge is 0.280 e. The van der Waals surface area contributed by atoms with Crippen molar-refractivity contribution >= 4 is 23.2 Å². The van der Waals surface area contributed by atoms with Crippen molar-refractivity contribution in [3.05, 3.63) is 10.4 Å². The van der Waals surface area contributed by atoms with Crippen LogP contribution >= 0.6 is 0 Å². The quantitative estimate of drug-likeness (QED) is 0.542. The summed E-state index contributed by atoms with van der Waals surface area (Å²) in [5, 5.41) is 8.97. The molecule has 1 aliphatic rings. The highest BCUT2D eigenvalue weighted by molar-refractivity contribution is 5.95. The number of fused-ring (bicyclic) bond motifs is 1. The van der Waals surface area contributed by atoms with Crippen molar-refractivity contribution in [2.75, 3.05) is 30.8 Å². The van der Waals surface area contributed by atoms with Crippen molar-refractivity contribution in [2.24, 2.45) is 4.99 Å². The monoisotopic (exact) mass is 209 g/mol. The molecule has 0 bridgehead atoms. The predicted molar refractivity (Wildman–Crippen MR) is 56.7 cm³/mol. The number of aliphatic hydroxyl groups is 1. The van der Waals surface area contributed by atoms with Crippen LogP contribution in [0.5, 0.6) is 0 Å². The average Bonchev–Trinajstić information content (AvgIpc) is 2.19. The molecule has 7 heteroatoms. The summed E-state index contributed by atoms with van der Waals surface area (Å²) in [5.74, 6) is 0.502. The molecule has 80 valence electrons. The normalized spacial score (nSPS) is 14.8. The largest absolute Gasteiger partial charge is 0.390 e. The van der Waals surface area contributed by atoms with Gasteiger partial charge in [0.05, 0.1) is 18.9 Å². The Hall–Kier alpha value is -1.89. The lowest BCUT2D eigenvalue weighted by atomic mass is 10.3. The van der Waals surface area contributed by atoms with Crippen molar-refractivity contribution in [1.29, 1.82) is 0 Å². The van der Waals surface area contributed by atoms with Crippen LogP contribution in [-0.4, -0.2) is 41.0 Å². The van der Waals surface area contributed by atoms with Gasteiger partial charge in [0.25, 0.3) is 5.56 Å². The molecule has 1 aromatic rings. The van der Waals surface area contributed by atoms with Crippen LogP contribution in [-0.2, 0) is 0 Å². The second-order valence-corrected chi connectivity index (χ2v) is 3.32.